The second-order valence-corrected chi connectivity index (χ2v) is 6.26. The Morgan fingerprint density at radius 3 is 2.07 bits per heavy atom. The third kappa shape index (κ3) is 5.46. The summed E-state index contributed by atoms with van der Waals surface area (Å²) in [4.78, 5) is 43.1. The van der Waals surface area contributed by atoms with Gasteiger partial charge in [0.15, 0.2) is 5.78 Å². The number of hydrogen-bond acceptors (Lipinski definition) is 6. The zero-order chi connectivity index (χ0) is 20.8. The van der Waals surface area contributed by atoms with E-state index < -0.39 is 5.91 Å². The van der Waals surface area contributed by atoms with Crippen LogP contribution in [-0.4, -0.2) is 27.6 Å². The lowest BCUT2D eigenvalue weighted by atomic mass is 10.1. The molecule has 0 radical (unpaired) electrons. The van der Waals surface area contributed by atoms with E-state index in [1.807, 2.05) is 0 Å². The van der Waals surface area contributed by atoms with Crippen molar-refractivity contribution in [3.63, 3.8) is 0 Å². The molecule has 0 unspecified atom stereocenters. The Labute approximate surface area is 167 Å². The van der Waals surface area contributed by atoms with Crippen LogP contribution in [0.3, 0.4) is 0 Å². The van der Waals surface area contributed by atoms with Crippen LogP contribution in [0.5, 0.6) is 0 Å². The number of anilines is 4. The molecule has 8 heteroatoms. The van der Waals surface area contributed by atoms with Gasteiger partial charge in [0, 0.05) is 29.5 Å². The van der Waals surface area contributed by atoms with Gasteiger partial charge in [-0.1, -0.05) is 12.1 Å². The fourth-order valence-electron chi connectivity index (χ4n) is 2.51. The number of hydrogen-bond donors (Lipinski definition) is 3. The van der Waals surface area contributed by atoms with Crippen molar-refractivity contribution in [3.8, 4) is 0 Å². The molecule has 146 valence electrons. The summed E-state index contributed by atoms with van der Waals surface area (Å²) in [6, 6.07) is 13.7. The molecule has 0 aliphatic rings. The Morgan fingerprint density at radius 2 is 1.48 bits per heavy atom. The molecule has 0 spiro atoms. The molecule has 0 aliphatic heterocycles. The lowest BCUT2D eigenvalue weighted by Crippen LogP contribution is -2.14. The van der Waals surface area contributed by atoms with E-state index in [0.717, 1.165) is 0 Å². The average molecular weight is 389 g/mol. The molecule has 0 fully saturated rings. The molecule has 8 nitrogen and oxygen atoms in total. The predicted molar refractivity (Wildman–Crippen MR) is 110 cm³/mol. The van der Waals surface area contributed by atoms with Crippen molar-refractivity contribution in [1.29, 1.82) is 0 Å². The van der Waals surface area contributed by atoms with Crippen LogP contribution in [-0.2, 0) is 4.79 Å². The summed E-state index contributed by atoms with van der Waals surface area (Å²) in [6.07, 6.45) is 2.80. The van der Waals surface area contributed by atoms with Gasteiger partial charge in [-0.25, -0.2) is 9.97 Å². The number of aromatic nitrogens is 2. The molecule has 1 heterocycles. The van der Waals surface area contributed by atoms with E-state index in [1.165, 1.54) is 26.2 Å². The third-order valence-electron chi connectivity index (χ3n) is 3.89. The van der Waals surface area contributed by atoms with Gasteiger partial charge < -0.3 is 16.0 Å². The minimum atomic E-state index is -0.407. The van der Waals surface area contributed by atoms with E-state index >= 15 is 0 Å². The van der Waals surface area contributed by atoms with E-state index in [2.05, 4.69) is 25.9 Å². The molecule has 3 N–H and O–H groups in total. The van der Waals surface area contributed by atoms with Crippen LogP contribution in [0.2, 0.25) is 0 Å². The molecule has 29 heavy (non-hydrogen) atoms. The Balaban J connectivity index is 1.63. The van der Waals surface area contributed by atoms with Crippen LogP contribution < -0.4 is 16.0 Å². The van der Waals surface area contributed by atoms with Gasteiger partial charge in [-0.2, -0.15) is 0 Å². The Hall–Kier alpha value is -4.07. The zero-order valence-corrected chi connectivity index (χ0v) is 15.9. The number of nitrogens with zero attached hydrogens (tertiary/aromatic N) is 2. The Bertz CT molecular complexity index is 1050. The van der Waals surface area contributed by atoms with Crippen molar-refractivity contribution >= 4 is 40.5 Å². The molecule has 3 rings (SSSR count). The molecule has 0 bridgehead atoms. The van der Waals surface area contributed by atoms with E-state index in [9.17, 15) is 14.4 Å². The number of rotatable bonds is 6. The molecule has 3 aromatic rings. The number of nitrogens with one attached hydrogen (secondary N) is 3. The summed E-state index contributed by atoms with van der Waals surface area (Å²) in [6.45, 7) is 2.92. The number of amides is 2. The monoisotopic (exact) mass is 389 g/mol. The largest absolute Gasteiger partial charge is 0.339 e. The van der Waals surface area contributed by atoms with Crippen LogP contribution in [0.4, 0.5) is 22.9 Å². The smallest absolute Gasteiger partial charge is 0.275 e. The summed E-state index contributed by atoms with van der Waals surface area (Å²) < 4.78 is 0. The van der Waals surface area contributed by atoms with Gasteiger partial charge >= 0.3 is 0 Å². The van der Waals surface area contributed by atoms with Crippen molar-refractivity contribution < 1.29 is 14.4 Å². The van der Waals surface area contributed by atoms with Crippen LogP contribution in [0.25, 0.3) is 0 Å². The second kappa shape index (κ2) is 8.75. The highest BCUT2D eigenvalue weighted by Gasteiger charge is 2.09. The minimum absolute atomic E-state index is 0.0307. The van der Waals surface area contributed by atoms with Crippen LogP contribution >= 0.6 is 0 Å². The Kier molecular flexibility index (Phi) is 5.94. The lowest BCUT2D eigenvalue weighted by molar-refractivity contribution is -0.114. The van der Waals surface area contributed by atoms with Gasteiger partial charge in [-0.15, -0.1) is 0 Å². The predicted octanol–water partition coefficient (Wildman–Crippen LogP) is 3.63. The first-order valence-corrected chi connectivity index (χ1v) is 8.80. The second-order valence-electron chi connectivity index (χ2n) is 6.26. The van der Waals surface area contributed by atoms with Gasteiger partial charge in [-0.05, 0) is 43.3 Å². The Morgan fingerprint density at radius 1 is 0.793 bits per heavy atom. The molecule has 2 amide bonds. The van der Waals surface area contributed by atoms with Crippen LogP contribution in [0, 0.1) is 0 Å². The summed E-state index contributed by atoms with van der Waals surface area (Å²) >= 11 is 0. The van der Waals surface area contributed by atoms with Gasteiger partial charge in [0.1, 0.15) is 11.5 Å². The van der Waals surface area contributed by atoms with Gasteiger partial charge in [0.2, 0.25) is 5.91 Å². The average Bonchev–Trinajstić information content (AvgIpc) is 2.70. The molecular weight excluding hydrogens is 370 g/mol. The highest BCUT2D eigenvalue weighted by Crippen LogP contribution is 2.17. The highest BCUT2D eigenvalue weighted by molar-refractivity contribution is 6.03. The van der Waals surface area contributed by atoms with Gasteiger partial charge in [-0.3, -0.25) is 14.4 Å². The van der Waals surface area contributed by atoms with E-state index in [4.69, 9.17) is 0 Å². The number of Topliss-reactive ketones (excluding diaryl/α,β-unsaturated/α-hetero) is 1. The fourth-order valence-corrected chi connectivity index (χ4v) is 2.51. The van der Waals surface area contributed by atoms with Crippen molar-refractivity contribution in [1.82, 2.24) is 9.97 Å². The topological polar surface area (TPSA) is 113 Å². The molecule has 0 aliphatic carbocycles. The normalized spacial score (nSPS) is 10.1. The number of carbonyl (C=O) groups is 3. The standard InChI is InChI=1S/C21H19N5O3/c1-13(27)15-4-3-5-18(10-15)25-20-12-22-19(11-23-20)21(29)26-17-8-6-16(7-9-17)24-14(2)28/h3-12H,1-2H3,(H,23,25)(H,24,28)(H,26,29). The van der Waals surface area contributed by atoms with Crippen molar-refractivity contribution in [2.24, 2.45) is 0 Å². The van der Waals surface area contributed by atoms with Crippen LogP contribution in [0.1, 0.15) is 34.7 Å². The molecule has 2 aromatic carbocycles. The molecule has 0 atom stereocenters. The maximum Gasteiger partial charge on any atom is 0.275 e. The van der Waals surface area contributed by atoms with E-state index in [1.54, 1.807) is 48.5 Å². The maximum absolute atomic E-state index is 12.3. The third-order valence-corrected chi connectivity index (χ3v) is 3.89. The highest BCUT2D eigenvalue weighted by atomic mass is 16.2. The van der Waals surface area contributed by atoms with Crippen LogP contribution in [0.15, 0.2) is 60.9 Å². The molecular formula is C21H19N5O3. The fraction of sp³-hybridized carbons (Fsp3) is 0.0952. The first kappa shape index (κ1) is 19.7. The number of benzene rings is 2. The molecule has 1 aromatic heterocycles. The lowest BCUT2D eigenvalue weighted by Gasteiger charge is -2.08. The number of carbonyl (C=O) groups excluding carboxylic acids is 3. The van der Waals surface area contributed by atoms with Gasteiger partial charge in [0.25, 0.3) is 5.91 Å². The summed E-state index contributed by atoms with van der Waals surface area (Å²) in [5, 5.41) is 8.41. The van der Waals surface area contributed by atoms with Crippen molar-refractivity contribution in [2.75, 3.05) is 16.0 Å². The van der Waals surface area contributed by atoms with Crippen molar-refractivity contribution in [2.45, 2.75) is 13.8 Å². The maximum atomic E-state index is 12.3. The number of ketones is 1. The molecule has 0 saturated heterocycles. The first-order valence-electron chi connectivity index (χ1n) is 8.80. The SMILES string of the molecule is CC(=O)Nc1ccc(NC(=O)c2cnc(Nc3cccc(C(C)=O)c3)cn2)cc1. The minimum Gasteiger partial charge on any atom is -0.339 e. The van der Waals surface area contributed by atoms with Gasteiger partial charge in [0.05, 0.1) is 12.4 Å². The zero-order valence-electron chi connectivity index (χ0n) is 15.9. The van der Waals surface area contributed by atoms with E-state index in [-0.39, 0.29) is 17.4 Å². The van der Waals surface area contributed by atoms with E-state index in [0.29, 0.717) is 28.4 Å². The first-order chi connectivity index (χ1) is 13.9. The van der Waals surface area contributed by atoms with Crippen molar-refractivity contribution in [3.05, 3.63) is 72.2 Å². The molecule has 0 saturated carbocycles. The summed E-state index contributed by atoms with van der Waals surface area (Å²) in [5.41, 5.74) is 2.64. The quantitative estimate of drug-likeness (QED) is 0.555. The summed E-state index contributed by atoms with van der Waals surface area (Å²) in [7, 11) is 0. The summed E-state index contributed by atoms with van der Waals surface area (Å²) in [5.74, 6) is -0.160.